The van der Waals surface area contributed by atoms with Crippen LogP contribution in [0.4, 0.5) is 0 Å². The lowest BCUT2D eigenvalue weighted by atomic mass is 10.0. The minimum atomic E-state index is 0.901. The highest BCUT2D eigenvalue weighted by atomic mass is 14.0. The average Bonchev–Trinajstić information content (AvgIpc) is 2.42. The van der Waals surface area contributed by atoms with Crippen LogP contribution in [0.15, 0.2) is 24.3 Å². The molecule has 101 valence electrons. The van der Waals surface area contributed by atoms with Crippen LogP contribution in [0.25, 0.3) is 0 Å². The van der Waals surface area contributed by atoms with Crippen molar-refractivity contribution in [1.29, 1.82) is 0 Å². The topological polar surface area (TPSA) is 0 Å². The summed E-state index contributed by atoms with van der Waals surface area (Å²) in [5, 5.41) is 0. The standard InChI is InChI=1S/C18H29/c1-3-5-6-7-8-9-10-11-12-18-15-13-17(4-2)14-16-18/h13-16H,2-12H2,1H3. The van der Waals surface area contributed by atoms with E-state index in [0.717, 1.165) is 6.42 Å². The van der Waals surface area contributed by atoms with Gasteiger partial charge in [-0.3, -0.25) is 0 Å². The molecule has 0 amide bonds. The van der Waals surface area contributed by atoms with Crippen molar-refractivity contribution in [3.05, 3.63) is 42.3 Å². The van der Waals surface area contributed by atoms with Crippen molar-refractivity contribution < 1.29 is 0 Å². The first-order valence-electron chi connectivity index (χ1n) is 7.74. The molecule has 1 rings (SSSR count). The molecule has 0 fully saturated rings. The van der Waals surface area contributed by atoms with Crippen molar-refractivity contribution in [2.75, 3.05) is 0 Å². The molecular formula is C18H29. The van der Waals surface area contributed by atoms with Crippen molar-refractivity contribution in [2.45, 2.75) is 71.1 Å². The summed E-state index contributed by atoms with van der Waals surface area (Å²) in [6.45, 7) is 6.18. The monoisotopic (exact) mass is 245 g/mol. The Bertz CT molecular complexity index is 283. The first kappa shape index (κ1) is 15.3. The predicted molar refractivity (Wildman–Crippen MR) is 81.8 cm³/mol. The van der Waals surface area contributed by atoms with Crippen LogP contribution in [-0.2, 0) is 12.8 Å². The van der Waals surface area contributed by atoms with Gasteiger partial charge in [0.25, 0.3) is 0 Å². The minimum absolute atomic E-state index is 0.901. The summed E-state index contributed by atoms with van der Waals surface area (Å²) in [7, 11) is 0. The van der Waals surface area contributed by atoms with Crippen LogP contribution in [0.2, 0.25) is 0 Å². The molecule has 0 heteroatoms. The molecule has 0 unspecified atom stereocenters. The van der Waals surface area contributed by atoms with E-state index in [1.807, 2.05) is 0 Å². The molecule has 0 N–H and O–H groups in total. The molecule has 1 aromatic rings. The molecule has 0 aliphatic rings. The fraction of sp³-hybridized carbons (Fsp3) is 0.611. The Labute approximate surface area is 114 Å². The quantitative estimate of drug-likeness (QED) is 0.461. The van der Waals surface area contributed by atoms with E-state index in [2.05, 4.69) is 38.1 Å². The highest BCUT2D eigenvalue weighted by Gasteiger charge is 1.95. The molecule has 1 aromatic carbocycles. The Morgan fingerprint density at radius 2 is 1.22 bits per heavy atom. The summed E-state index contributed by atoms with van der Waals surface area (Å²) in [4.78, 5) is 0. The van der Waals surface area contributed by atoms with Crippen molar-refractivity contribution in [2.24, 2.45) is 0 Å². The fourth-order valence-electron chi connectivity index (χ4n) is 2.34. The summed E-state index contributed by atoms with van der Waals surface area (Å²) < 4.78 is 0. The average molecular weight is 245 g/mol. The van der Waals surface area contributed by atoms with Crippen LogP contribution in [0.1, 0.15) is 69.4 Å². The molecule has 0 spiro atoms. The first-order valence-corrected chi connectivity index (χ1v) is 7.74. The van der Waals surface area contributed by atoms with Crippen molar-refractivity contribution in [3.63, 3.8) is 0 Å². The van der Waals surface area contributed by atoms with Crippen LogP contribution in [-0.4, -0.2) is 0 Å². The van der Waals surface area contributed by atoms with Gasteiger partial charge in [-0.2, -0.15) is 0 Å². The van der Waals surface area contributed by atoms with Crippen LogP contribution in [0.5, 0.6) is 0 Å². The maximum atomic E-state index is 3.90. The number of hydrogen-bond acceptors (Lipinski definition) is 0. The lowest BCUT2D eigenvalue weighted by molar-refractivity contribution is 0.575. The zero-order valence-electron chi connectivity index (χ0n) is 12.1. The molecule has 0 heterocycles. The molecule has 1 radical (unpaired) electrons. The van der Waals surface area contributed by atoms with Gasteiger partial charge in [0.05, 0.1) is 0 Å². The highest BCUT2D eigenvalue weighted by molar-refractivity contribution is 5.22. The maximum Gasteiger partial charge on any atom is -0.0279 e. The molecule has 0 bridgehead atoms. The van der Waals surface area contributed by atoms with E-state index in [1.54, 1.807) is 0 Å². The van der Waals surface area contributed by atoms with Crippen molar-refractivity contribution >= 4 is 0 Å². The molecule has 0 saturated heterocycles. The molecule has 0 saturated carbocycles. The Kier molecular flexibility index (Phi) is 8.63. The largest absolute Gasteiger partial charge is 0.0654 e. The summed E-state index contributed by atoms with van der Waals surface area (Å²) in [5.74, 6) is 0. The number of unbranched alkanes of at least 4 members (excludes halogenated alkanes) is 7. The third kappa shape index (κ3) is 6.83. The fourth-order valence-corrected chi connectivity index (χ4v) is 2.34. The minimum Gasteiger partial charge on any atom is -0.0654 e. The maximum absolute atomic E-state index is 3.90. The Balaban J connectivity index is 2.00. The van der Waals surface area contributed by atoms with Gasteiger partial charge >= 0.3 is 0 Å². The molecule has 18 heavy (non-hydrogen) atoms. The molecule has 0 aromatic heterocycles. The molecule has 0 nitrogen and oxygen atoms in total. The van der Waals surface area contributed by atoms with E-state index in [-0.39, 0.29) is 0 Å². The highest BCUT2D eigenvalue weighted by Crippen LogP contribution is 2.12. The van der Waals surface area contributed by atoms with E-state index in [4.69, 9.17) is 0 Å². The summed E-state index contributed by atoms with van der Waals surface area (Å²) in [6.07, 6.45) is 13.4. The van der Waals surface area contributed by atoms with Crippen molar-refractivity contribution in [3.8, 4) is 0 Å². The van der Waals surface area contributed by atoms with Crippen LogP contribution in [0.3, 0.4) is 0 Å². The van der Waals surface area contributed by atoms with Gasteiger partial charge in [0.2, 0.25) is 0 Å². The molecule has 0 aliphatic carbocycles. The zero-order valence-corrected chi connectivity index (χ0v) is 12.1. The number of rotatable bonds is 10. The number of benzene rings is 1. The first-order chi connectivity index (χ1) is 8.86. The molecular weight excluding hydrogens is 216 g/mol. The van der Waals surface area contributed by atoms with E-state index >= 15 is 0 Å². The van der Waals surface area contributed by atoms with E-state index < -0.39 is 0 Å². The Morgan fingerprint density at radius 1 is 0.722 bits per heavy atom. The van der Waals surface area contributed by atoms with E-state index in [9.17, 15) is 0 Å². The van der Waals surface area contributed by atoms with Crippen LogP contribution < -0.4 is 0 Å². The van der Waals surface area contributed by atoms with Crippen LogP contribution >= 0.6 is 0 Å². The van der Waals surface area contributed by atoms with Gasteiger partial charge in [0.1, 0.15) is 0 Å². The second kappa shape index (κ2) is 10.2. The lowest BCUT2D eigenvalue weighted by Crippen LogP contribution is -1.88. The van der Waals surface area contributed by atoms with Gasteiger partial charge in [-0.1, -0.05) is 76.1 Å². The van der Waals surface area contributed by atoms with E-state index in [0.29, 0.717) is 0 Å². The van der Waals surface area contributed by atoms with Crippen molar-refractivity contribution in [1.82, 2.24) is 0 Å². The third-order valence-corrected chi connectivity index (χ3v) is 3.63. The van der Waals surface area contributed by atoms with Gasteiger partial charge in [0.15, 0.2) is 0 Å². The summed E-state index contributed by atoms with van der Waals surface area (Å²) in [6, 6.07) is 8.96. The van der Waals surface area contributed by atoms with Gasteiger partial charge < -0.3 is 0 Å². The van der Waals surface area contributed by atoms with Gasteiger partial charge in [-0.15, -0.1) is 0 Å². The van der Waals surface area contributed by atoms with Gasteiger partial charge in [-0.25, -0.2) is 0 Å². The normalized spacial score (nSPS) is 10.8. The second-order valence-electron chi connectivity index (χ2n) is 5.29. The second-order valence-corrected chi connectivity index (χ2v) is 5.29. The third-order valence-electron chi connectivity index (χ3n) is 3.63. The summed E-state index contributed by atoms with van der Waals surface area (Å²) in [5.41, 5.74) is 2.83. The lowest BCUT2D eigenvalue weighted by Gasteiger charge is -2.03. The smallest absolute Gasteiger partial charge is 0.0279 e. The van der Waals surface area contributed by atoms with Crippen LogP contribution in [0, 0.1) is 6.92 Å². The summed E-state index contributed by atoms with van der Waals surface area (Å²) >= 11 is 0. The number of hydrogen-bond donors (Lipinski definition) is 0. The van der Waals surface area contributed by atoms with Gasteiger partial charge in [0, 0.05) is 0 Å². The Morgan fingerprint density at radius 3 is 1.78 bits per heavy atom. The molecule has 0 atom stereocenters. The Hall–Kier alpha value is -0.780. The van der Waals surface area contributed by atoms with Gasteiger partial charge in [-0.05, 0) is 37.3 Å². The zero-order chi connectivity index (χ0) is 13.1. The molecule has 0 aliphatic heterocycles. The number of aryl methyl sites for hydroxylation is 1. The SMILES string of the molecule is [CH2]Cc1ccc(CCCCCCCCCC)cc1. The predicted octanol–water partition coefficient (Wildman–Crippen LogP) is 5.75. The van der Waals surface area contributed by atoms with E-state index in [1.165, 1.54) is 68.9 Å².